The van der Waals surface area contributed by atoms with Gasteiger partial charge in [-0.05, 0) is 13.8 Å². The highest BCUT2D eigenvalue weighted by atomic mass is 16.7. The van der Waals surface area contributed by atoms with Crippen LogP contribution in [0.4, 0.5) is 0 Å². The average Bonchev–Trinajstić information content (AvgIpc) is 2.29. The van der Waals surface area contributed by atoms with Gasteiger partial charge >= 0.3 is 0 Å². The fraction of sp³-hybridized carbons (Fsp3) is 1.00. The van der Waals surface area contributed by atoms with Crippen LogP contribution in [-0.2, 0) is 9.47 Å². The van der Waals surface area contributed by atoms with E-state index in [-0.39, 0.29) is 18.8 Å². The second-order valence-electron chi connectivity index (χ2n) is 3.21. The van der Waals surface area contributed by atoms with E-state index >= 15 is 0 Å². The van der Waals surface area contributed by atoms with Crippen LogP contribution in [0.25, 0.3) is 0 Å². The summed E-state index contributed by atoms with van der Waals surface area (Å²) in [5.74, 6) is -0.544. The number of rotatable bonds is 2. The van der Waals surface area contributed by atoms with Crippen molar-refractivity contribution in [1.29, 1.82) is 0 Å². The second kappa shape index (κ2) is 3.06. The summed E-state index contributed by atoms with van der Waals surface area (Å²) in [6.45, 7) is 4.06. The Labute approximate surface area is 66.3 Å². The predicted molar refractivity (Wildman–Crippen MR) is 40.0 cm³/mol. The Hall–Kier alpha value is -0.160. The number of aliphatic hydroxyl groups is 1. The minimum Gasteiger partial charge on any atom is -0.395 e. The van der Waals surface area contributed by atoms with Gasteiger partial charge in [-0.1, -0.05) is 0 Å². The van der Waals surface area contributed by atoms with Gasteiger partial charge in [0.2, 0.25) is 0 Å². The molecule has 1 saturated heterocycles. The van der Waals surface area contributed by atoms with E-state index in [1.165, 1.54) is 0 Å². The highest BCUT2D eigenvalue weighted by Gasteiger charge is 2.35. The van der Waals surface area contributed by atoms with Gasteiger partial charge in [-0.25, -0.2) is 0 Å². The standard InChI is InChI=1S/C7H15NO3/c1-7(2)10-4-6(11-7)5(8)3-9/h5-6,9H,3-4,8H2,1-2H3/t5?,6-/m1/s1. The van der Waals surface area contributed by atoms with Crippen molar-refractivity contribution >= 4 is 0 Å². The van der Waals surface area contributed by atoms with Gasteiger partial charge in [0.05, 0.1) is 19.3 Å². The van der Waals surface area contributed by atoms with Crippen LogP contribution >= 0.6 is 0 Å². The maximum atomic E-state index is 8.70. The third-order valence-electron chi connectivity index (χ3n) is 1.72. The predicted octanol–water partition coefficient (Wildman–Crippen LogP) is -0.542. The van der Waals surface area contributed by atoms with Gasteiger partial charge in [-0.15, -0.1) is 0 Å². The molecule has 0 bridgehead atoms. The van der Waals surface area contributed by atoms with Crippen LogP contribution in [0.1, 0.15) is 13.8 Å². The lowest BCUT2D eigenvalue weighted by molar-refractivity contribution is -0.141. The molecule has 0 amide bonds. The molecule has 4 nitrogen and oxygen atoms in total. The molecule has 0 aromatic carbocycles. The molecule has 66 valence electrons. The number of nitrogens with two attached hydrogens (primary N) is 1. The molecular weight excluding hydrogens is 146 g/mol. The van der Waals surface area contributed by atoms with Gasteiger partial charge in [0.15, 0.2) is 5.79 Å². The van der Waals surface area contributed by atoms with Crippen LogP contribution in [0.15, 0.2) is 0 Å². The smallest absolute Gasteiger partial charge is 0.163 e. The van der Waals surface area contributed by atoms with Crippen LogP contribution in [0.5, 0.6) is 0 Å². The Morgan fingerprint density at radius 3 is 2.73 bits per heavy atom. The van der Waals surface area contributed by atoms with Gasteiger partial charge in [0, 0.05) is 0 Å². The van der Waals surface area contributed by atoms with Crippen molar-refractivity contribution in [3.05, 3.63) is 0 Å². The zero-order chi connectivity index (χ0) is 8.48. The Morgan fingerprint density at radius 2 is 2.36 bits per heavy atom. The molecule has 1 unspecified atom stereocenters. The number of hydrogen-bond donors (Lipinski definition) is 2. The van der Waals surface area contributed by atoms with E-state index in [1.54, 1.807) is 0 Å². The molecule has 11 heavy (non-hydrogen) atoms. The third-order valence-corrected chi connectivity index (χ3v) is 1.72. The molecule has 0 aromatic rings. The first-order valence-corrected chi connectivity index (χ1v) is 3.73. The molecule has 0 aromatic heterocycles. The molecule has 1 fully saturated rings. The topological polar surface area (TPSA) is 64.7 Å². The summed E-state index contributed by atoms with van der Waals surface area (Å²) in [4.78, 5) is 0. The molecule has 1 aliphatic heterocycles. The Morgan fingerprint density at radius 1 is 1.73 bits per heavy atom. The highest BCUT2D eigenvalue weighted by molar-refractivity contribution is 4.79. The summed E-state index contributed by atoms with van der Waals surface area (Å²) in [5.41, 5.74) is 5.54. The van der Waals surface area contributed by atoms with Gasteiger partial charge in [-0.2, -0.15) is 0 Å². The van der Waals surface area contributed by atoms with E-state index in [0.717, 1.165) is 0 Å². The summed E-state index contributed by atoms with van der Waals surface area (Å²) < 4.78 is 10.7. The largest absolute Gasteiger partial charge is 0.395 e. The minimum absolute atomic E-state index is 0.0654. The minimum atomic E-state index is -0.544. The summed E-state index contributed by atoms with van der Waals surface area (Å²) >= 11 is 0. The van der Waals surface area contributed by atoms with Crippen LogP contribution in [-0.4, -0.2) is 36.3 Å². The van der Waals surface area contributed by atoms with Gasteiger partial charge in [0.1, 0.15) is 6.10 Å². The van der Waals surface area contributed by atoms with Crippen molar-refractivity contribution in [2.24, 2.45) is 5.73 Å². The lowest BCUT2D eigenvalue weighted by Crippen LogP contribution is -2.40. The molecule has 2 atom stereocenters. The Balaban J connectivity index is 2.41. The van der Waals surface area contributed by atoms with E-state index < -0.39 is 5.79 Å². The first kappa shape index (κ1) is 8.93. The van der Waals surface area contributed by atoms with Crippen molar-refractivity contribution in [3.8, 4) is 0 Å². The monoisotopic (exact) mass is 161 g/mol. The maximum Gasteiger partial charge on any atom is 0.163 e. The normalized spacial score (nSPS) is 32.2. The molecule has 0 spiro atoms. The summed E-state index contributed by atoms with van der Waals surface area (Å²) in [7, 11) is 0. The first-order chi connectivity index (χ1) is 5.05. The van der Waals surface area contributed by atoms with E-state index in [4.69, 9.17) is 20.3 Å². The van der Waals surface area contributed by atoms with Gasteiger partial charge in [-0.3, -0.25) is 0 Å². The fourth-order valence-electron chi connectivity index (χ4n) is 1.04. The average molecular weight is 161 g/mol. The lowest BCUT2D eigenvalue weighted by atomic mass is 10.2. The van der Waals surface area contributed by atoms with Crippen LogP contribution in [0, 0.1) is 0 Å². The molecule has 0 saturated carbocycles. The van der Waals surface area contributed by atoms with Crippen molar-refractivity contribution < 1.29 is 14.6 Å². The van der Waals surface area contributed by atoms with Crippen molar-refractivity contribution in [1.82, 2.24) is 0 Å². The zero-order valence-corrected chi connectivity index (χ0v) is 6.91. The molecule has 0 aliphatic carbocycles. The molecule has 1 heterocycles. The molecule has 3 N–H and O–H groups in total. The summed E-state index contributed by atoms with van der Waals surface area (Å²) in [6, 6.07) is -0.336. The van der Waals surface area contributed by atoms with Crippen molar-refractivity contribution in [3.63, 3.8) is 0 Å². The Kier molecular flexibility index (Phi) is 2.49. The van der Waals surface area contributed by atoms with E-state index in [2.05, 4.69) is 0 Å². The molecule has 0 radical (unpaired) electrons. The highest BCUT2D eigenvalue weighted by Crippen LogP contribution is 2.23. The quantitative estimate of drug-likeness (QED) is 0.570. The summed E-state index contributed by atoms with van der Waals surface area (Å²) in [5, 5.41) is 8.70. The number of aliphatic hydroxyl groups excluding tert-OH is 1. The van der Waals surface area contributed by atoms with Crippen molar-refractivity contribution in [2.75, 3.05) is 13.2 Å². The first-order valence-electron chi connectivity index (χ1n) is 3.73. The summed E-state index contributed by atoms with van der Waals surface area (Å²) in [6.07, 6.45) is -0.171. The SMILES string of the molecule is CC1(C)OC[C@H](C(N)CO)O1. The molecule has 4 heteroatoms. The van der Waals surface area contributed by atoms with Gasteiger partial charge < -0.3 is 20.3 Å². The van der Waals surface area contributed by atoms with Gasteiger partial charge in [0.25, 0.3) is 0 Å². The fourth-order valence-corrected chi connectivity index (χ4v) is 1.04. The second-order valence-corrected chi connectivity index (χ2v) is 3.21. The van der Waals surface area contributed by atoms with Crippen LogP contribution < -0.4 is 5.73 Å². The van der Waals surface area contributed by atoms with Crippen LogP contribution in [0.3, 0.4) is 0 Å². The Bertz CT molecular complexity index is 138. The zero-order valence-electron chi connectivity index (χ0n) is 6.91. The molecule has 1 aliphatic rings. The number of ether oxygens (including phenoxy) is 2. The van der Waals surface area contributed by atoms with E-state index in [1.807, 2.05) is 13.8 Å². The van der Waals surface area contributed by atoms with E-state index in [0.29, 0.717) is 6.61 Å². The van der Waals surface area contributed by atoms with E-state index in [9.17, 15) is 0 Å². The maximum absolute atomic E-state index is 8.70. The van der Waals surface area contributed by atoms with Crippen molar-refractivity contribution in [2.45, 2.75) is 31.8 Å². The number of hydrogen-bond acceptors (Lipinski definition) is 4. The molecule has 1 rings (SSSR count). The lowest BCUT2D eigenvalue weighted by Gasteiger charge is -2.19. The third kappa shape index (κ3) is 2.13. The molecular formula is C7H15NO3. The van der Waals surface area contributed by atoms with Crippen LogP contribution in [0.2, 0.25) is 0 Å².